The topological polar surface area (TPSA) is 22.0 Å². The second-order valence-electron chi connectivity index (χ2n) is 5.06. The predicted molar refractivity (Wildman–Crippen MR) is 94.2 cm³/mol. The van der Waals surface area contributed by atoms with Crippen LogP contribution in [0, 0.1) is 6.92 Å². The zero-order valence-corrected chi connectivity index (χ0v) is 13.2. The first-order valence-corrected chi connectivity index (χ1v) is 8.04. The Morgan fingerprint density at radius 2 is 1.64 bits per heavy atom. The molecule has 0 spiro atoms. The van der Waals surface area contributed by atoms with Gasteiger partial charge < -0.3 is 0 Å². The van der Waals surface area contributed by atoms with Crippen LogP contribution in [0.2, 0.25) is 0 Å². The molecular formula is C19H17NOS. The quantitative estimate of drug-likeness (QED) is 0.690. The van der Waals surface area contributed by atoms with Gasteiger partial charge in [-0.2, -0.15) is 0 Å². The number of nitrogens with zero attached hydrogens (tertiary/aromatic N) is 1. The lowest BCUT2D eigenvalue weighted by atomic mass is 10.1. The Kier molecular flexibility index (Phi) is 4.35. The molecule has 1 aromatic heterocycles. The lowest BCUT2D eigenvalue weighted by Gasteiger charge is -2.06. The minimum atomic E-state index is 0.0917. The summed E-state index contributed by atoms with van der Waals surface area (Å²) in [5.74, 6) is 0. The van der Waals surface area contributed by atoms with Crippen molar-refractivity contribution < 1.29 is 0 Å². The van der Waals surface area contributed by atoms with Crippen molar-refractivity contribution in [3.05, 3.63) is 86.8 Å². The van der Waals surface area contributed by atoms with Crippen LogP contribution in [-0.4, -0.2) is 4.57 Å². The van der Waals surface area contributed by atoms with Gasteiger partial charge in [0.2, 0.25) is 0 Å². The van der Waals surface area contributed by atoms with Crippen molar-refractivity contribution in [3.63, 3.8) is 0 Å². The number of hydrogen-bond donors (Lipinski definition) is 0. The van der Waals surface area contributed by atoms with Crippen LogP contribution in [0.1, 0.15) is 10.4 Å². The monoisotopic (exact) mass is 307 g/mol. The van der Waals surface area contributed by atoms with Crippen LogP contribution in [0.25, 0.3) is 17.3 Å². The number of thiazole rings is 1. The molecule has 1 heterocycles. The van der Waals surface area contributed by atoms with Gasteiger partial charge in [0.1, 0.15) is 0 Å². The first-order chi connectivity index (χ1) is 10.8. The Hall–Kier alpha value is -2.39. The molecule has 0 fully saturated rings. The third-order valence-corrected chi connectivity index (χ3v) is 4.40. The highest BCUT2D eigenvalue weighted by atomic mass is 32.1. The second-order valence-corrected chi connectivity index (χ2v) is 6.23. The van der Waals surface area contributed by atoms with Crippen LogP contribution in [0.15, 0.2) is 71.5 Å². The lowest BCUT2D eigenvalue weighted by molar-refractivity contribution is 0.815. The van der Waals surface area contributed by atoms with Gasteiger partial charge in [0, 0.05) is 11.4 Å². The van der Waals surface area contributed by atoms with Crippen molar-refractivity contribution in [3.8, 4) is 11.3 Å². The zero-order chi connectivity index (χ0) is 15.4. The van der Waals surface area contributed by atoms with E-state index in [9.17, 15) is 4.79 Å². The Morgan fingerprint density at radius 3 is 2.32 bits per heavy atom. The highest BCUT2D eigenvalue weighted by Gasteiger charge is 2.12. The molecule has 0 N–H and O–H groups in total. The molecule has 110 valence electrons. The molecule has 0 atom stereocenters. The molecule has 0 saturated heterocycles. The summed E-state index contributed by atoms with van der Waals surface area (Å²) >= 11 is 1.31. The summed E-state index contributed by atoms with van der Waals surface area (Å²) in [5.41, 5.74) is 3.25. The molecule has 3 rings (SSSR count). The van der Waals surface area contributed by atoms with E-state index in [-0.39, 0.29) is 4.87 Å². The van der Waals surface area contributed by atoms with Crippen LogP contribution >= 0.6 is 11.3 Å². The normalized spacial score (nSPS) is 11.1. The van der Waals surface area contributed by atoms with Crippen LogP contribution in [0.3, 0.4) is 0 Å². The minimum Gasteiger partial charge on any atom is -0.295 e. The van der Waals surface area contributed by atoms with Crippen molar-refractivity contribution >= 4 is 17.4 Å². The SMILES string of the molecule is Cc1sc(=O)n(C/C=C\c2ccccc2)c1-c1ccccc1. The molecule has 0 aliphatic carbocycles. The highest BCUT2D eigenvalue weighted by molar-refractivity contribution is 7.09. The summed E-state index contributed by atoms with van der Waals surface area (Å²) in [5, 5.41) is 0. The number of rotatable bonds is 4. The molecule has 0 radical (unpaired) electrons. The molecule has 0 aliphatic rings. The summed E-state index contributed by atoms with van der Waals surface area (Å²) in [6.07, 6.45) is 4.09. The maximum Gasteiger partial charge on any atom is 0.308 e. The average molecular weight is 307 g/mol. The first kappa shape index (κ1) is 14.5. The molecule has 3 aromatic rings. The number of hydrogen-bond acceptors (Lipinski definition) is 2. The fourth-order valence-electron chi connectivity index (χ4n) is 2.50. The molecule has 0 bridgehead atoms. The number of benzene rings is 2. The molecule has 3 heteroatoms. The molecule has 0 saturated carbocycles. The lowest BCUT2D eigenvalue weighted by Crippen LogP contribution is -2.13. The van der Waals surface area contributed by atoms with E-state index in [0.717, 1.165) is 21.7 Å². The van der Waals surface area contributed by atoms with E-state index in [0.29, 0.717) is 6.54 Å². The number of allylic oxidation sites excluding steroid dienone is 1. The Bertz CT molecular complexity index is 829. The summed E-state index contributed by atoms with van der Waals surface area (Å²) in [7, 11) is 0. The molecular weight excluding hydrogens is 290 g/mol. The fourth-order valence-corrected chi connectivity index (χ4v) is 3.36. The summed E-state index contributed by atoms with van der Waals surface area (Å²) in [6.45, 7) is 2.59. The van der Waals surface area contributed by atoms with E-state index in [4.69, 9.17) is 0 Å². The van der Waals surface area contributed by atoms with Crippen LogP contribution < -0.4 is 4.87 Å². The smallest absolute Gasteiger partial charge is 0.295 e. The van der Waals surface area contributed by atoms with Gasteiger partial charge in [0.25, 0.3) is 0 Å². The zero-order valence-electron chi connectivity index (χ0n) is 12.4. The van der Waals surface area contributed by atoms with E-state index in [1.807, 2.05) is 72.2 Å². The van der Waals surface area contributed by atoms with Gasteiger partial charge in [0.15, 0.2) is 0 Å². The van der Waals surface area contributed by atoms with Gasteiger partial charge in [-0.05, 0) is 18.1 Å². The van der Waals surface area contributed by atoms with Crippen molar-refractivity contribution in [1.29, 1.82) is 0 Å². The Balaban J connectivity index is 1.91. The average Bonchev–Trinajstić information content (AvgIpc) is 2.83. The Labute approximate surface area is 134 Å². The summed E-state index contributed by atoms with van der Waals surface area (Å²) in [4.78, 5) is 13.4. The third-order valence-electron chi connectivity index (χ3n) is 3.51. The van der Waals surface area contributed by atoms with Crippen molar-refractivity contribution in [2.75, 3.05) is 0 Å². The highest BCUT2D eigenvalue weighted by Crippen LogP contribution is 2.24. The van der Waals surface area contributed by atoms with Gasteiger partial charge in [-0.15, -0.1) is 0 Å². The predicted octanol–water partition coefficient (Wildman–Crippen LogP) is 4.60. The van der Waals surface area contributed by atoms with Crippen molar-refractivity contribution in [2.24, 2.45) is 0 Å². The van der Waals surface area contributed by atoms with E-state index in [1.165, 1.54) is 11.3 Å². The maximum atomic E-state index is 12.2. The van der Waals surface area contributed by atoms with Crippen LogP contribution in [-0.2, 0) is 6.54 Å². The van der Waals surface area contributed by atoms with Crippen LogP contribution in [0.5, 0.6) is 0 Å². The van der Waals surface area contributed by atoms with Gasteiger partial charge >= 0.3 is 4.87 Å². The van der Waals surface area contributed by atoms with Crippen molar-refractivity contribution in [1.82, 2.24) is 4.57 Å². The third kappa shape index (κ3) is 3.10. The molecule has 2 nitrogen and oxygen atoms in total. The Morgan fingerprint density at radius 1 is 1.00 bits per heavy atom. The van der Waals surface area contributed by atoms with E-state index >= 15 is 0 Å². The van der Waals surface area contributed by atoms with E-state index in [2.05, 4.69) is 12.1 Å². The summed E-state index contributed by atoms with van der Waals surface area (Å²) in [6, 6.07) is 20.2. The van der Waals surface area contributed by atoms with Crippen molar-refractivity contribution in [2.45, 2.75) is 13.5 Å². The van der Waals surface area contributed by atoms with Gasteiger partial charge in [-0.3, -0.25) is 9.36 Å². The largest absolute Gasteiger partial charge is 0.308 e. The standard InChI is InChI=1S/C19H17NOS/c1-15-18(17-12-6-3-7-13-17)20(19(21)22-15)14-8-11-16-9-4-2-5-10-16/h2-13H,14H2,1H3/b11-8-. The van der Waals surface area contributed by atoms with Gasteiger partial charge in [0.05, 0.1) is 5.69 Å². The van der Waals surface area contributed by atoms with E-state index in [1.54, 1.807) is 0 Å². The number of aryl methyl sites for hydroxylation is 1. The maximum absolute atomic E-state index is 12.2. The molecule has 0 amide bonds. The molecule has 2 aromatic carbocycles. The van der Waals surface area contributed by atoms with Gasteiger partial charge in [-0.25, -0.2) is 0 Å². The van der Waals surface area contributed by atoms with Gasteiger partial charge in [-0.1, -0.05) is 84.2 Å². The first-order valence-electron chi connectivity index (χ1n) is 7.23. The van der Waals surface area contributed by atoms with E-state index < -0.39 is 0 Å². The molecule has 0 aliphatic heterocycles. The minimum absolute atomic E-state index is 0.0917. The fraction of sp³-hybridized carbons (Fsp3) is 0.105. The number of aromatic nitrogens is 1. The summed E-state index contributed by atoms with van der Waals surface area (Å²) < 4.78 is 1.84. The molecule has 22 heavy (non-hydrogen) atoms. The van der Waals surface area contributed by atoms with Crippen LogP contribution in [0.4, 0.5) is 0 Å². The second kappa shape index (κ2) is 6.58. The molecule has 0 unspecified atom stereocenters.